The number of hydrogen-bond donors (Lipinski definition) is 1. The summed E-state index contributed by atoms with van der Waals surface area (Å²) in [5, 5.41) is 2.93. The first-order chi connectivity index (χ1) is 9.47. The van der Waals surface area contributed by atoms with Gasteiger partial charge in [-0.05, 0) is 25.7 Å². The Kier molecular flexibility index (Phi) is 6.50. The van der Waals surface area contributed by atoms with Crippen molar-refractivity contribution in [2.45, 2.75) is 84.8 Å². The second-order valence-corrected chi connectivity index (χ2v) is 6.06. The van der Waals surface area contributed by atoms with Gasteiger partial charge in [0.05, 0.1) is 0 Å². The summed E-state index contributed by atoms with van der Waals surface area (Å²) < 4.78 is 0. The third-order valence-corrected chi connectivity index (χ3v) is 4.38. The number of amides is 2. The fourth-order valence-corrected chi connectivity index (χ4v) is 3.05. The van der Waals surface area contributed by atoms with Crippen molar-refractivity contribution in [2.75, 3.05) is 0 Å². The second kappa shape index (κ2) is 7.65. The van der Waals surface area contributed by atoms with Crippen LogP contribution in [0.4, 0.5) is 0 Å². The van der Waals surface area contributed by atoms with Gasteiger partial charge < -0.3 is 10.2 Å². The molecule has 1 rings (SSSR count). The highest BCUT2D eigenvalue weighted by Gasteiger charge is 2.43. The number of carbonyl (C=O) groups excluding carboxylic acids is 2. The van der Waals surface area contributed by atoms with Crippen LogP contribution in [0.3, 0.4) is 0 Å². The van der Waals surface area contributed by atoms with Gasteiger partial charge in [-0.3, -0.25) is 9.59 Å². The van der Waals surface area contributed by atoms with Crippen LogP contribution in [-0.4, -0.2) is 34.8 Å². The van der Waals surface area contributed by atoms with Gasteiger partial charge in [0.2, 0.25) is 11.8 Å². The minimum absolute atomic E-state index is 0.0281. The lowest BCUT2D eigenvalue weighted by molar-refractivity contribution is -0.154. The predicted molar refractivity (Wildman–Crippen MR) is 81.3 cm³/mol. The van der Waals surface area contributed by atoms with Crippen LogP contribution in [0.2, 0.25) is 0 Å². The first kappa shape index (κ1) is 17.0. The van der Waals surface area contributed by atoms with Gasteiger partial charge in [0.15, 0.2) is 0 Å². The average molecular weight is 282 g/mol. The van der Waals surface area contributed by atoms with Crippen molar-refractivity contribution in [3.8, 4) is 0 Å². The topological polar surface area (TPSA) is 49.4 Å². The van der Waals surface area contributed by atoms with Gasteiger partial charge in [-0.25, -0.2) is 0 Å². The van der Waals surface area contributed by atoms with Gasteiger partial charge in [-0.2, -0.15) is 0 Å². The van der Waals surface area contributed by atoms with Crippen LogP contribution < -0.4 is 5.32 Å². The van der Waals surface area contributed by atoms with Crippen molar-refractivity contribution < 1.29 is 9.59 Å². The van der Waals surface area contributed by atoms with Gasteiger partial charge in [-0.1, -0.05) is 47.0 Å². The molecule has 116 valence electrons. The molecule has 1 heterocycles. The largest absolute Gasteiger partial charge is 0.342 e. The van der Waals surface area contributed by atoms with Gasteiger partial charge in [0, 0.05) is 6.04 Å². The molecule has 0 radical (unpaired) electrons. The van der Waals surface area contributed by atoms with E-state index in [1.807, 2.05) is 11.8 Å². The highest BCUT2D eigenvalue weighted by Crippen LogP contribution is 2.25. The van der Waals surface area contributed by atoms with Crippen molar-refractivity contribution in [3.05, 3.63) is 0 Å². The van der Waals surface area contributed by atoms with Crippen LogP contribution in [0, 0.1) is 5.92 Å². The molecule has 4 nitrogen and oxygen atoms in total. The highest BCUT2D eigenvalue weighted by molar-refractivity contribution is 5.97. The minimum Gasteiger partial charge on any atom is -0.342 e. The Labute approximate surface area is 123 Å². The Hall–Kier alpha value is -1.06. The van der Waals surface area contributed by atoms with E-state index in [4.69, 9.17) is 0 Å². The van der Waals surface area contributed by atoms with Crippen LogP contribution >= 0.6 is 0 Å². The third kappa shape index (κ3) is 3.53. The Morgan fingerprint density at radius 1 is 1.15 bits per heavy atom. The number of piperazine rings is 1. The molecule has 4 unspecified atom stereocenters. The number of nitrogens with zero attached hydrogens (tertiary/aromatic N) is 1. The van der Waals surface area contributed by atoms with E-state index in [0.717, 1.165) is 32.1 Å². The van der Waals surface area contributed by atoms with Crippen LogP contribution in [0.5, 0.6) is 0 Å². The van der Waals surface area contributed by atoms with Gasteiger partial charge in [0.25, 0.3) is 0 Å². The molecule has 0 saturated carbocycles. The Morgan fingerprint density at radius 3 is 2.30 bits per heavy atom. The summed E-state index contributed by atoms with van der Waals surface area (Å²) in [6.45, 7) is 10.4. The number of hydrogen-bond acceptors (Lipinski definition) is 2. The van der Waals surface area contributed by atoms with Crippen LogP contribution in [-0.2, 0) is 9.59 Å². The first-order valence-electron chi connectivity index (χ1n) is 8.10. The Bertz CT molecular complexity index is 343. The number of rotatable bonds is 7. The third-order valence-electron chi connectivity index (χ3n) is 4.38. The molecule has 0 aromatic carbocycles. The van der Waals surface area contributed by atoms with Crippen LogP contribution in [0.1, 0.15) is 66.7 Å². The van der Waals surface area contributed by atoms with E-state index in [1.165, 1.54) is 0 Å². The smallest absolute Gasteiger partial charge is 0.246 e. The van der Waals surface area contributed by atoms with E-state index in [-0.39, 0.29) is 35.9 Å². The molecule has 1 aliphatic rings. The number of nitrogens with one attached hydrogen (secondary N) is 1. The molecule has 20 heavy (non-hydrogen) atoms. The molecular formula is C16H30N2O2. The number of carbonyl (C=O) groups is 2. The van der Waals surface area contributed by atoms with Crippen LogP contribution in [0.15, 0.2) is 0 Å². The molecule has 1 aliphatic heterocycles. The van der Waals surface area contributed by atoms with Gasteiger partial charge in [-0.15, -0.1) is 0 Å². The Morgan fingerprint density at radius 2 is 1.80 bits per heavy atom. The molecule has 1 saturated heterocycles. The normalized spacial score (nSPS) is 26.4. The second-order valence-electron chi connectivity index (χ2n) is 6.06. The standard InChI is InChI=1S/C16H30N2O2/c1-6-9-12(5)18-14(11(4)8-3)15(19)17-13(10-7-2)16(18)20/h11-14H,6-10H2,1-5H3,(H,17,19). The molecule has 0 aromatic rings. The highest BCUT2D eigenvalue weighted by atomic mass is 16.2. The van der Waals surface area contributed by atoms with E-state index < -0.39 is 0 Å². The van der Waals surface area contributed by atoms with Crippen molar-refractivity contribution in [1.82, 2.24) is 10.2 Å². The van der Waals surface area contributed by atoms with Crippen molar-refractivity contribution in [3.63, 3.8) is 0 Å². The lowest BCUT2D eigenvalue weighted by atomic mass is 9.90. The maximum Gasteiger partial charge on any atom is 0.246 e. The average Bonchev–Trinajstić information content (AvgIpc) is 2.41. The minimum atomic E-state index is -0.327. The molecule has 0 aliphatic carbocycles. The molecule has 2 amide bonds. The summed E-state index contributed by atoms with van der Waals surface area (Å²) in [4.78, 5) is 27.0. The zero-order chi connectivity index (χ0) is 15.3. The summed E-state index contributed by atoms with van der Waals surface area (Å²) in [6.07, 6.45) is 4.51. The SMILES string of the molecule is CCCC1NC(=O)C(C(C)CC)N(C(C)CCC)C1=O. The van der Waals surface area contributed by atoms with E-state index in [0.29, 0.717) is 0 Å². The van der Waals surface area contributed by atoms with Gasteiger partial charge >= 0.3 is 0 Å². The van der Waals surface area contributed by atoms with Gasteiger partial charge in [0.1, 0.15) is 12.1 Å². The lowest BCUT2D eigenvalue weighted by Crippen LogP contribution is -2.66. The summed E-state index contributed by atoms with van der Waals surface area (Å²) >= 11 is 0. The molecule has 0 aromatic heterocycles. The molecular weight excluding hydrogens is 252 g/mol. The molecule has 4 heteroatoms. The molecule has 0 bridgehead atoms. The van der Waals surface area contributed by atoms with Crippen molar-refractivity contribution in [1.29, 1.82) is 0 Å². The van der Waals surface area contributed by atoms with E-state index in [9.17, 15) is 9.59 Å². The monoisotopic (exact) mass is 282 g/mol. The van der Waals surface area contributed by atoms with Crippen molar-refractivity contribution in [2.24, 2.45) is 5.92 Å². The van der Waals surface area contributed by atoms with E-state index in [2.05, 4.69) is 33.0 Å². The Balaban J connectivity index is 3.03. The van der Waals surface area contributed by atoms with Crippen molar-refractivity contribution >= 4 is 11.8 Å². The fourth-order valence-electron chi connectivity index (χ4n) is 3.05. The van der Waals surface area contributed by atoms with E-state index in [1.54, 1.807) is 0 Å². The summed E-state index contributed by atoms with van der Waals surface area (Å²) in [5.74, 6) is 0.332. The molecule has 1 fully saturated rings. The predicted octanol–water partition coefficient (Wildman–Crippen LogP) is 2.72. The quantitative estimate of drug-likeness (QED) is 0.780. The first-order valence-corrected chi connectivity index (χ1v) is 8.10. The lowest BCUT2D eigenvalue weighted by Gasteiger charge is -2.44. The summed E-state index contributed by atoms with van der Waals surface area (Å²) in [5.41, 5.74) is 0. The zero-order valence-corrected chi connectivity index (χ0v) is 13.6. The fraction of sp³-hybridized carbons (Fsp3) is 0.875. The molecule has 4 atom stereocenters. The maximum atomic E-state index is 12.7. The van der Waals surface area contributed by atoms with E-state index >= 15 is 0 Å². The zero-order valence-electron chi connectivity index (χ0n) is 13.6. The molecule has 1 N–H and O–H groups in total. The summed E-state index contributed by atoms with van der Waals surface area (Å²) in [7, 11) is 0. The van der Waals surface area contributed by atoms with Crippen LogP contribution in [0.25, 0.3) is 0 Å². The summed E-state index contributed by atoms with van der Waals surface area (Å²) in [6, 6.07) is -0.494. The molecule has 0 spiro atoms. The maximum absolute atomic E-state index is 12.7.